The minimum Gasteiger partial charge on any atom is -0.483 e. The van der Waals surface area contributed by atoms with Crippen molar-refractivity contribution in [2.75, 3.05) is 0 Å². The Morgan fingerprint density at radius 1 is 1.27 bits per heavy atom. The van der Waals surface area contributed by atoms with Crippen LogP contribution in [0.25, 0.3) is 0 Å². The van der Waals surface area contributed by atoms with Gasteiger partial charge in [0.25, 0.3) is 6.47 Å². The van der Waals surface area contributed by atoms with Crippen molar-refractivity contribution in [3.8, 4) is 0 Å². The molecule has 0 aromatic carbocycles. The lowest BCUT2D eigenvalue weighted by molar-refractivity contribution is -0.123. The van der Waals surface area contributed by atoms with E-state index in [0.717, 1.165) is 0 Å². The minimum atomic E-state index is -0.250. The maximum Gasteiger partial charge on any atom is 0.290 e. The highest BCUT2D eigenvalue weighted by Crippen LogP contribution is 2.16. The molecule has 90 valence electrons. The lowest BCUT2D eigenvalue weighted by atomic mass is 9.95. The van der Waals surface area contributed by atoms with E-state index in [9.17, 15) is 4.79 Å². The molecule has 4 heteroatoms. The fourth-order valence-corrected chi connectivity index (χ4v) is 1.53. The molecule has 0 aromatic heterocycles. The zero-order valence-electron chi connectivity index (χ0n) is 9.95. The summed E-state index contributed by atoms with van der Waals surface area (Å²) in [5, 5.41) is 9.83. The largest absolute Gasteiger partial charge is 0.483 e. The molecule has 1 aliphatic carbocycles. The third kappa shape index (κ3) is 12.9. The summed E-state index contributed by atoms with van der Waals surface area (Å²) in [4.78, 5) is 19.0. The van der Waals surface area contributed by atoms with E-state index >= 15 is 0 Å². The summed E-state index contributed by atoms with van der Waals surface area (Å²) in [6.45, 7) is 5.34. The van der Waals surface area contributed by atoms with Crippen LogP contribution in [0.5, 0.6) is 0 Å². The predicted molar refractivity (Wildman–Crippen MR) is 60.7 cm³/mol. The summed E-state index contributed by atoms with van der Waals surface area (Å²) in [7, 11) is 0. The van der Waals surface area contributed by atoms with E-state index in [4.69, 9.17) is 9.90 Å². The third-order valence-corrected chi connectivity index (χ3v) is 2.01. The average molecular weight is 217 g/mol. The molecular formula is C11H23NO3. The van der Waals surface area contributed by atoms with Gasteiger partial charge in [-0.3, -0.25) is 9.59 Å². The standard InChI is InChI=1S/C8H15NO.C2H6.CH2O2/c1-7(10)9-8-5-3-2-4-6-8;1-2;2-1-3/h8H,2-6H2,1H3,(H,9,10);1-2H3;1H,(H,2,3). The minimum absolute atomic E-state index is 0.118. The van der Waals surface area contributed by atoms with E-state index < -0.39 is 0 Å². The van der Waals surface area contributed by atoms with E-state index in [1.165, 1.54) is 32.1 Å². The molecule has 0 unspecified atom stereocenters. The van der Waals surface area contributed by atoms with Crippen LogP contribution in [-0.2, 0) is 9.59 Å². The van der Waals surface area contributed by atoms with Crippen molar-refractivity contribution >= 4 is 12.4 Å². The summed E-state index contributed by atoms with van der Waals surface area (Å²) in [6.07, 6.45) is 6.27. The quantitative estimate of drug-likeness (QED) is 0.661. The van der Waals surface area contributed by atoms with Crippen molar-refractivity contribution in [3.05, 3.63) is 0 Å². The van der Waals surface area contributed by atoms with Gasteiger partial charge >= 0.3 is 0 Å². The Morgan fingerprint density at radius 3 is 2.00 bits per heavy atom. The molecule has 1 fully saturated rings. The second-order valence-electron chi connectivity index (χ2n) is 3.14. The van der Waals surface area contributed by atoms with Crippen LogP contribution in [0.2, 0.25) is 0 Å². The highest BCUT2D eigenvalue weighted by molar-refractivity contribution is 5.73. The summed E-state index contributed by atoms with van der Waals surface area (Å²) >= 11 is 0. The molecule has 1 aliphatic rings. The molecule has 15 heavy (non-hydrogen) atoms. The van der Waals surface area contributed by atoms with Gasteiger partial charge in [0.05, 0.1) is 0 Å². The molecule has 0 aromatic rings. The van der Waals surface area contributed by atoms with Crippen molar-refractivity contribution in [2.24, 2.45) is 0 Å². The Labute approximate surface area is 92.1 Å². The van der Waals surface area contributed by atoms with Gasteiger partial charge in [0.2, 0.25) is 5.91 Å². The number of carbonyl (C=O) groups is 2. The first-order valence-corrected chi connectivity index (χ1v) is 5.55. The Hall–Kier alpha value is -1.06. The van der Waals surface area contributed by atoms with Gasteiger partial charge in [0.15, 0.2) is 0 Å². The third-order valence-electron chi connectivity index (χ3n) is 2.01. The number of carbonyl (C=O) groups excluding carboxylic acids is 1. The molecule has 0 spiro atoms. The van der Waals surface area contributed by atoms with Crippen molar-refractivity contribution in [2.45, 2.75) is 58.9 Å². The molecule has 2 N–H and O–H groups in total. The van der Waals surface area contributed by atoms with Gasteiger partial charge in [-0.25, -0.2) is 0 Å². The van der Waals surface area contributed by atoms with Crippen LogP contribution in [0.1, 0.15) is 52.9 Å². The maximum absolute atomic E-state index is 10.6. The van der Waals surface area contributed by atoms with Crippen molar-refractivity contribution in [1.29, 1.82) is 0 Å². The molecule has 1 rings (SSSR count). The van der Waals surface area contributed by atoms with Gasteiger partial charge in [-0.1, -0.05) is 33.1 Å². The molecule has 4 nitrogen and oxygen atoms in total. The summed E-state index contributed by atoms with van der Waals surface area (Å²) in [6, 6.07) is 0.478. The summed E-state index contributed by atoms with van der Waals surface area (Å²) in [5.41, 5.74) is 0. The highest BCUT2D eigenvalue weighted by Gasteiger charge is 2.12. The van der Waals surface area contributed by atoms with Gasteiger partial charge in [-0.05, 0) is 12.8 Å². The van der Waals surface area contributed by atoms with Crippen LogP contribution < -0.4 is 5.32 Å². The number of nitrogens with one attached hydrogen (secondary N) is 1. The van der Waals surface area contributed by atoms with Gasteiger partial charge < -0.3 is 10.4 Å². The Balaban J connectivity index is 0. The fourth-order valence-electron chi connectivity index (χ4n) is 1.53. The smallest absolute Gasteiger partial charge is 0.290 e. The Bertz CT molecular complexity index is 154. The molecule has 1 amide bonds. The lowest BCUT2D eigenvalue weighted by Gasteiger charge is -2.21. The first-order valence-electron chi connectivity index (χ1n) is 5.55. The maximum atomic E-state index is 10.6. The van der Waals surface area contributed by atoms with Gasteiger partial charge in [0.1, 0.15) is 0 Å². The summed E-state index contributed by atoms with van der Waals surface area (Å²) < 4.78 is 0. The SMILES string of the molecule is CC.CC(=O)NC1CCCCC1.O=CO. The predicted octanol–water partition coefficient (Wildman–Crippen LogP) is 2.18. The molecular weight excluding hydrogens is 194 g/mol. The van der Waals surface area contributed by atoms with E-state index in [2.05, 4.69) is 5.32 Å². The van der Waals surface area contributed by atoms with Crippen LogP contribution in [-0.4, -0.2) is 23.5 Å². The molecule has 0 aliphatic heterocycles. The zero-order valence-corrected chi connectivity index (χ0v) is 9.95. The number of hydrogen-bond acceptors (Lipinski definition) is 2. The zero-order chi connectivity index (χ0) is 12.1. The number of amides is 1. The average Bonchev–Trinajstić information content (AvgIpc) is 2.22. The topological polar surface area (TPSA) is 66.4 Å². The van der Waals surface area contributed by atoms with Crippen LogP contribution >= 0.6 is 0 Å². The van der Waals surface area contributed by atoms with Crippen LogP contribution in [0.4, 0.5) is 0 Å². The fraction of sp³-hybridized carbons (Fsp3) is 0.818. The van der Waals surface area contributed by atoms with E-state index in [-0.39, 0.29) is 12.4 Å². The second-order valence-corrected chi connectivity index (χ2v) is 3.14. The van der Waals surface area contributed by atoms with Gasteiger partial charge in [-0.15, -0.1) is 0 Å². The van der Waals surface area contributed by atoms with E-state index in [0.29, 0.717) is 6.04 Å². The monoisotopic (exact) mass is 217 g/mol. The molecule has 0 saturated heterocycles. The first-order chi connectivity index (χ1) is 7.20. The number of rotatable bonds is 1. The Morgan fingerprint density at radius 2 is 1.67 bits per heavy atom. The van der Waals surface area contributed by atoms with Crippen molar-refractivity contribution < 1.29 is 14.7 Å². The van der Waals surface area contributed by atoms with Crippen molar-refractivity contribution in [1.82, 2.24) is 5.32 Å². The number of carboxylic acid groups (broad SMARTS) is 1. The Kier molecular flexibility index (Phi) is 14.1. The summed E-state index contributed by atoms with van der Waals surface area (Å²) in [5.74, 6) is 0.118. The molecule has 0 atom stereocenters. The van der Waals surface area contributed by atoms with Gasteiger partial charge in [0, 0.05) is 13.0 Å². The van der Waals surface area contributed by atoms with Gasteiger partial charge in [-0.2, -0.15) is 0 Å². The highest BCUT2D eigenvalue weighted by atomic mass is 16.3. The normalized spacial score (nSPS) is 14.9. The lowest BCUT2D eigenvalue weighted by Crippen LogP contribution is -2.34. The van der Waals surface area contributed by atoms with E-state index in [1.807, 2.05) is 13.8 Å². The molecule has 1 saturated carbocycles. The van der Waals surface area contributed by atoms with Crippen LogP contribution in [0.3, 0.4) is 0 Å². The van der Waals surface area contributed by atoms with E-state index in [1.54, 1.807) is 6.92 Å². The number of hydrogen-bond donors (Lipinski definition) is 2. The van der Waals surface area contributed by atoms with Crippen LogP contribution in [0, 0.1) is 0 Å². The first kappa shape index (κ1) is 16.4. The van der Waals surface area contributed by atoms with Crippen LogP contribution in [0.15, 0.2) is 0 Å². The second kappa shape index (κ2) is 12.9. The van der Waals surface area contributed by atoms with Crippen molar-refractivity contribution in [3.63, 3.8) is 0 Å². The molecule has 0 heterocycles. The molecule has 0 bridgehead atoms. The molecule has 0 radical (unpaired) electrons.